The predicted octanol–water partition coefficient (Wildman–Crippen LogP) is 4.30. The van der Waals surface area contributed by atoms with Gasteiger partial charge in [-0.2, -0.15) is 5.10 Å². The van der Waals surface area contributed by atoms with Gasteiger partial charge in [-0.25, -0.2) is 4.98 Å². The molecule has 1 atom stereocenters. The number of hydrogen-bond donors (Lipinski definition) is 1. The summed E-state index contributed by atoms with van der Waals surface area (Å²) in [4.78, 5) is 17.4. The molecule has 0 saturated heterocycles. The first-order chi connectivity index (χ1) is 15.1. The molecule has 0 radical (unpaired) electrons. The van der Waals surface area contributed by atoms with E-state index in [0.29, 0.717) is 29.9 Å². The zero-order valence-corrected chi connectivity index (χ0v) is 17.7. The Hall–Kier alpha value is -3.47. The molecule has 2 bridgehead atoms. The van der Waals surface area contributed by atoms with Gasteiger partial charge in [0.05, 0.1) is 11.3 Å². The van der Waals surface area contributed by atoms with Crippen LogP contribution in [0, 0.1) is 12.8 Å². The Bertz CT molecular complexity index is 1290. The van der Waals surface area contributed by atoms with Crippen molar-refractivity contribution < 1.29 is 4.79 Å². The van der Waals surface area contributed by atoms with Crippen molar-refractivity contribution in [1.29, 1.82) is 0 Å². The molecule has 1 N–H and O–H groups in total. The molecular formula is C26H24N4O. The highest BCUT2D eigenvalue weighted by Gasteiger charge is 2.42. The van der Waals surface area contributed by atoms with Crippen LogP contribution in [0.15, 0.2) is 60.8 Å². The maximum atomic E-state index is 13.0. The van der Waals surface area contributed by atoms with Crippen molar-refractivity contribution in [2.45, 2.75) is 25.2 Å². The van der Waals surface area contributed by atoms with Gasteiger partial charge in [0.1, 0.15) is 0 Å². The lowest BCUT2D eigenvalue weighted by Crippen LogP contribution is -2.39. The minimum absolute atomic E-state index is 0.0688. The fourth-order valence-electron chi connectivity index (χ4n) is 5.72. The number of hydrogen-bond acceptors (Lipinski definition) is 3. The Morgan fingerprint density at radius 2 is 1.71 bits per heavy atom. The smallest absolute Gasteiger partial charge is 0.252 e. The molecule has 5 heteroatoms. The first kappa shape index (κ1) is 18.3. The molecule has 1 amide bonds. The van der Waals surface area contributed by atoms with Gasteiger partial charge in [-0.1, -0.05) is 48.5 Å². The van der Waals surface area contributed by atoms with Gasteiger partial charge in [-0.15, -0.1) is 0 Å². The lowest BCUT2D eigenvalue weighted by atomic mass is 9.59. The lowest BCUT2D eigenvalue weighted by molar-refractivity contribution is 0.0942. The van der Waals surface area contributed by atoms with Crippen LogP contribution in [0.4, 0.5) is 0 Å². The van der Waals surface area contributed by atoms with Gasteiger partial charge in [0.25, 0.3) is 5.91 Å². The Balaban J connectivity index is 1.28. The van der Waals surface area contributed by atoms with Crippen molar-refractivity contribution in [3.8, 4) is 0 Å². The summed E-state index contributed by atoms with van der Waals surface area (Å²) in [6, 6.07) is 19.5. The summed E-state index contributed by atoms with van der Waals surface area (Å²) < 4.78 is 1.75. The number of amides is 1. The molecule has 0 fully saturated rings. The fraction of sp³-hybridized carbons (Fsp3) is 0.269. The van der Waals surface area contributed by atoms with E-state index >= 15 is 0 Å². The average Bonchev–Trinajstić information content (AvgIpc) is 3.10. The van der Waals surface area contributed by atoms with Crippen molar-refractivity contribution in [2.75, 3.05) is 6.54 Å². The Morgan fingerprint density at radius 1 is 1.06 bits per heavy atom. The van der Waals surface area contributed by atoms with E-state index in [0.717, 1.165) is 23.1 Å². The van der Waals surface area contributed by atoms with Crippen molar-refractivity contribution in [1.82, 2.24) is 20.1 Å². The van der Waals surface area contributed by atoms with Crippen LogP contribution in [0.2, 0.25) is 0 Å². The second-order valence-corrected chi connectivity index (χ2v) is 8.80. The van der Waals surface area contributed by atoms with Gasteiger partial charge in [-0.05, 0) is 47.6 Å². The van der Waals surface area contributed by atoms with E-state index in [-0.39, 0.29) is 5.91 Å². The van der Waals surface area contributed by atoms with Crippen LogP contribution in [0.25, 0.3) is 11.0 Å². The molecule has 7 rings (SSSR count). The predicted molar refractivity (Wildman–Crippen MR) is 120 cm³/mol. The standard InChI is InChI=1S/C26H24N4O/c1-15-22-12-17(14-27-25(22)30(2)29-15)26(31)28-13-16-11-23-18-7-3-5-9-20(18)24(16)21-10-6-4-8-19(21)23/h3-10,12,14,16,23-24H,11,13H2,1-2H3,(H,28,31). The molecule has 1 unspecified atom stereocenters. The normalized spacial score (nSPS) is 21.0. The van der Waals surface area contributed by atoms with Gasteiger partial charge in [-0.3, -0.25) is 9.48 Å². The molecule has 0 saturated carbocycles. The average molecular weight is 409 g/mol. The maximum absolute atomic E-state index is 13.0. The minimum atomic E-state index is -0.0688. The zero-order valence-electron chi connectivity index (χ0n) is 17.7. The summed E-state index contributed by atoms with van der Waals surface area (Å²) in [7, 11) is 1.87. The number of fused-ring (bicyclic) bond motifs is 2. The van der Waals surface area contributed by atoms with Crippen LogP contribution in [0.5, 0.6) is 0 Å². The number of aromatic nitrogens is 3. The monoisotopic (exact) mass is 408 g/mol. The molecule has 2 heterocycles. The fourth-order valence-corrected chi connectivity index (χ4v) is 5.72. The van der Waals surface area contributed by atoms with Crippen molar-refractivity contribution in [2.24, 2.45) is 13.0 Å². The third-order valence-corrected chi connectivity index (χ3v) is 7.07. The third-order valence-electron chi connectivity index (χ3n) is 7.07. The molecule has 31 heavy (non-hydrogen) atoms. The Morgan fingerprint density at radius 3 is 2.39 bits per heavy atom. The molecule has 4 aromatic rings. The van der Waals surface area contributed by atoms with E-state index in [1.54, 1.807) is 10.9 Å². The quantitative estimate of drug-likeness (QED) is 0.550. The topological polar surface area (TPSA) is 59.8 Å². The highest BCUT2D eigenvalue weighted by Crippen LogP contribution is 2.55. The number of aryl methyl sites for hydroxylation is 2. The number of nitrogens with zero attached hydrogens (tertiary/aromatic N) is 3. The largest absolute Gasteiger partial charge is 0.352 e. The number of carbonyl (C=O) groups excluding carboxylic acids is 1. The molecule has 5 nitrogen and oxygen atoms in total. The lowest BCUT2D eigenvalue weighted by Gasteiger charge is -2.45. The van der Waals surface area contributed by atoms with Gasteiger partial charge < -0.3 is 5.32 Å². The number of pyridine rings is 1. The molecule has 154 valence electrons. The van der Waals surface area contributed by atoms with Crippen molar-refractivity contribution >= 4 is 16.9 Å². The summed E-state index contributed by atoms with van der Waals surface area (Å²) in [5, 5.41) is 8.53. The SMILES string of the molecule is Cc1nn(C)c2ncc(C(=O)NCC3CC4c5ccccc5C3c3ccccc34)cc12. The number of nitrogens with one attached hydrogen (secondary N) is 1. The molecule has 0 aliphatic heterocycles. The molecule has 0 spiro atoms. The van der Waals surface area contributed by atoms with Crippen LogP contribution in [0.1, 0.15) is 56.6 Å². The van der Waals surface area contributed by atoms with Gasteiger partial charge in [0.15, 0.2) is 5.65 Å². The summed E-state index contributed by atoms with van der Waals surface area (Å²) in [5.74, 6) is 1.06. The van der Waals surface area contributed by atoms with E-state index < -0.39 is 0 Å². The highest BCUT2D eigenvalue weighted by atomic mass is 16.1. The summed E-state index contributed by atoms with van der Waals surface area (Å²) in [5.41, 5.74) is 8.03. The second kappa shape index (κ2) is 6.77. The maximum Gasteiger partial charge on any atom is 0.252 e. The summed E-state index contributed by atoms with van der Waals surface area (Å²) in [6.07, 6.45) is 2.72. The molecule has 3 aliphatic rings. The van der Waals surface area contributed by atoms with Crippen LogP contribution in [-0.2, 0) is 7.05 Å². The van der Waals surface area contributed by atoms with Crippen LogP contribution in [0.3, 0.4) is 0 Å². The first-order valence-electron chi connectivity index (χ1n) is 10.9. The summed E-state index contributed by atoms with van der Waals surface area (Å²) in [6.45, 7) is 2.60. The number of rotatable bonds is 3. The Labute approximate surface area is 181 Å². The van der Waals surface area contributed by atoms with E-state index in [4.69, 9.17) is 0 Å². The minimum Gasteiger partial charge on any atom is -0.352 e. The first-order valence-corrected chi connectivity index (χ1v) is 10.9. The second-order valence-electron chi connectivity index (χ2n) is 8.80. The van der Waals surface area contributed by atoms with Gasteiger partial charge in [0.2, 0.25) is 0 Å². The molecule has 3 aliphatic carbocycles. The third kappa shape index (κ3) is 2.73. The van der Waals surface area contributed by atoms with Crippen molar-refractivity contribution in [3.05, 3.63) is 94.3 Å². The Kier molecular flexibility index (Phi) is 4.00. The van der Waals surface area contributed by atoms with Gasteiger partial charge in [0, 0.05) is 37.0 Å². The summed E-state index contributed by atoms with van der Waals surface area (Å²) >= 11 is 0. The van der Waals surface area contributed by atoms with Crippen LogP contribution < -0.4 is 5.32 Å². The van der Waals surface area contributed by atoms with E-state index in [1.807, 2.05) is 20.0 Å². The highest BCUT2D eigenvalue weighted by molar-refractivity contribution is 5.97. The van der Waals surface area contributed by atoms with E-state index in [1.165, 1.54) is 22.3 Å². The van der Waals surface area contributed by atoms with Crippen molar-refractivity contribution in [3.63, 3.8) is 0 Å². The van der Waals surface area contributed by atoms with E-state index in [2.05, 4.69) is 63.9 Å². The number of benzene rings is 2. The van der Waals surface area contributed by atoms with E-state index in [9.17, 15) is 4.79 Å². The number of carbonyl (C=O) groups is 1. The molecule has 2 aromatic heterocycles. The van der Waals surface area contributed by atoms with Crippen LogP contribution in [-0.4, -0.2) is 27.2 Å². The molecule has 2 aromatic carbocycles. The van der Waals surface area contributed by atoms with Gasteiger partial charge >= 0.3 is 0 Å². The van der Waals surface area contributed by atoms with Crippen LogP contribution >= 0.6 is 0 Å². The molecular weight excluding hydrogens is 384 g/mol. The zero-order chi connectivity index (χ0) is 21.1.